The van der Waals surface area contributed by atoms with Gasteiger partial charge in [0, 0.05) is 12.1 Å². The number of carboxylic acid groups (broad SMARTS) is 1. The van der Waals surface area contributed by atoms with Crippen molar-refractivity contribution in [1.82, 2.24) is 10.7 Å². The largest absolute Gasteiger partial charge is 0.545 e. The Bertz CT molecular complexity index is 891. The van der Waals surface area contributed by atoms with Crippen molar-refractivity contribution < 1.29 is 24.2 Å². The fraction of sp³-hybridized carbons (Fsp3) is 0.200. The summed E-state index contributed by atoms with van der Waals surface area (Å²) >= 11 is 0. The molecule has 0 radical (unpaired) electrons. The normalized spacial score (nSPS) is 10.5. The van der Waals surface area contributed by atoms with Gasteiger partial charge in [0.25, 0.3) is 0 Å². The first kappa shape index (κ1) is 20.6. The number of ether oxygens (including phenoxy) is 1. The molecule has 2 rings (SSSR count). The molecule has 8 nitrogen and oxygen atoms in total. The summed E-state index contributed by atoms with van der Waals surface area (Å²) in [5.74, 6) is -2.98. The monoisotopic (exact) mass is 382 g/mol. The molecule has 0 unspecified atom stereocenters. The Morgan fingerprint density at radius 3 is 2.46 bits per heavy atom. The summed E-state index contributed by atoms with van der Waals surface area (Å²) in [6.45, 7) is 4.20. The smallest absolute Gasteiger partial charge is 0.329 e. The number of hydrogen-bond acceptors (Lipinski definition) is 6. The van der Waals surface area contributed by atoms with Crippen molar-refractivity contribution in [3.8, 4) is 5.75 Å². The minimum atomic E-state index is -1.39. The number of hydrogen-bond donors (Lipinski definition) is 2. The summed E-state index contributed by atoms with van der Waals surface area (Å²) in [5, 5.41) is 17.3. The maximum Gasteiger partial charge on any atom is 0.329 e. The van der Waals surface area contributed by atoms with Crippen LogP contribution in [-0.4, -0.2) is 30.6 Å². The fourth-order valence-corrected chi connectivity index (χ4v) is 2.25. The number of nitrogens with one attached hydrogen (secondary N) is 2. The summed E-state index contributed by atoms with van der Waals surface area (Å²) in [4.78, 5) is 34.7. The van der Waals surface area contributed by atoms with Crippen LogP contribution < -0.4 is 20.6 Å². The lowest BCUT2D eigenvalue weighted by Gasteiger charge is -2.11. The van der Waals surface area contributed by atoms with Crippen LogP contribution in [0.4, 0.5) is 0 Å². The topological polar surface area (TPSA) is 120 Å². The van der Waals surface area contributed by atoms with Crippen molar-refractivity contribution in [3.63, 3.8) is 0 Å². The Hall–Kier alpha value is -3.68. The van der Waals surface area contributed by atoms with Crippen LogP contribution in [0.2, 0.25) is 0 Å². The van der Waals surface area contributed by atoms with Gasteiger partial charge in [0.2, 0.25) is 0 Å². The highest BCUT2D eigenvalue weighted by Gasteiger charge is 2.12. The van der Waals surface area contributed by atoms with E-state index in [9.17, 15) is 19.5 Å². The lowest BCUT2D eigenvalue weighted by molar-refractivity contribution is -0.255. The molecule has 2 aromatic rings. The molecule has 0 aliphatic rings. The molecule has 0 saturated heterocycles. The molecule has 0 aromatic heterocycles. The number of rotatable bonds is 7. The van der Waals surface area contributed by atoms with Crippen molar-refractivity contribution in [2.45, 2.75) is 20.4 Å². The van der Waals surface area contributed by atoms with Gasteiger partial charge < -0.3 is 20.0 Å². The van der Waals surface area contributed by atoms with Crippen LogP contribution in [0.15, 0.2) is 47.6 Å². The van der Waals surface area contributed by atoms with Crippen molar-refractivity contribution in [2.24, 2.45) is 5.10 Å². The third-order valence-electron chi connectivity index (χ3n) is 3.68. The molecule has 0 aliphatic carbocycles. The molecule has 146 valence electrons. The van der Waals surface area contributed by atoms with Crippen LogP contribution in [-0.2, 0) is 16.1 Å². The van der Waals surface area contributed by atoms with Gasteiger partial charge in [-0.05, 0) is 43.2 Å². The number of amides is 2. The van der Waals surface area contributed by atoms with Gasteiger partial charge in [0.1, 0.15) is 5.75 Å². The Kier molecular flexibility index (Phi) is 7.27. The average Bonchev–Trinajstić information content (AvgIpc) is 2.68. The van der Waals surface area contributed by atoms with E-state index in [2.05, 4.69) is 15.8 Å². The molecule has 0 fully saturated rings. The number of carboxylic acids is 1. The SMILES string of the molecule is CCOc1ccc(/C=N\NC(=O)C(=O)NCc2ccc(C)cc2)cc1C(=O)[O-]. The lowest BCUT2D eigenvalue weighted by Crippen LogP contribution is -2.37. The predicted octanol–water partition coefficient (Wildman–Crippen LogP) is 0.524. The van der Waals surface area contributed by atoms with E-state index in [0.29, 0.717) is 12.2 Å². The Morgan fingerprint density at radius 2 is 1.82 bits per heavy atom. The van der Waals surface area contributed by atoms with E-state index in [0.717, 1.165) is 11.1 Å². The molecule has 2 amide bonds. The molecule has 28 heavy (non-hydrogen) atoms. The fourth-order valence-electron chi connectivity index (χ4n) is 2.25. The van der Waals surface area contributed by atoms with Gasteiger partial charge in [-0.1, -0.05) is 29.8 Å². The van der Waals surface area contributed by atoms with E-state index in [1.807, 2.05) is 31.2 Å². The number of aromatic carboxylic acids is 1. The summed E-state index contributed by atoms with van der Waals surface area (Å²) in [7, 11) is 0. The van der Waals surface area contributed by atoms with Gasteiger partial charge in [-0.2, -0.15) is 5.10 Å². The van der Waals surface area contributed by atoms with E-state index >= 15 is 0 Å². The zero-order valence-corrected chi connectivity index (χ0v) is 15.5. The number of aryl methyl sites for hydroxylation is 1. The molecule has 2 aromatic carbocycles. The summed E-state index contributed by atoms with van der Waals surface area (Å²) < 4.78 is 5.21. The quantitative estimate of drug-likeness (QED) is 0.411. The zero-order valence-electron chi connectivity index (χ0n) is 15.5. The number of benzene rings is 2. The van der Waals surface area contributed by atoms with Gasteiger partial charge in [-0.3, -0.25) is 9.59 Å². The van der Waals surface area contributed by atoms with Gasteiger partial charge >= 0.3 is 11.8 Å². The predicted molar refractivity (Wildman–Crippen MR) is 101 cm³/mol. The molecular formula is C20H20N3O5-. The van der Waals surface area contributed by atoms with Crippen molar-refractivity contribution in [2.75, 3.05) is 6.61 Å². The van der Waals surface area contributed by atoms with Gasteiger partial charge in [-0.25, -0.2) is 5.43 Å². The zero-order chi connectivity index (χ0) is 20.5. The second kappa shape index (κ2) is 9.86. The number of nitrogens with zero attached hydrogens (tertiary/aromatic N) is 1. The van der Waals surface area contributed by atoms with E-state index in [1.54, 1.807) is 13.0 Å². The van der Waals surface area contributed by atoms with Crippen LogP contribution in [0.1, 0.15) is 34.0 Å². The molecule has 0 saturated carbocycles. The molecule has 0 bridgehead atoms. The van der Waals surface area contributed by atoms with Gasteiger partial charge in [-0.15, -0.1) is 0 Å². The van der Waals surface area contributed by atoms with E-state index in [4.69, 9.17) is 4.74 Å². The maximum atomic E-state index is 11.8. The molecule has 0 heterocycles. The lowest BCUT2D eigenvalue weighted by atomic mass is 10.1. The summed E-state index contributed by atoms with van der Waals surface area (Å²) in [6, 6.07) is 11.8. The first-order valence-electron chi connectivity index (χ1n) is 8.55. The highest BCUT2D eigenvalue weighted by Crippen LogP contribution is 2.19. The summed E-state index contributed by atoms with van der Waals surface area (Å²) in [5.41, 5.74) is 4.31. The van der Waals surface area contributed by atoms with Gasteiger partial charge in [0.05, 0.1) is 18.8 Å². The average molecular weight is 382 g/mol. The number of hydrazone groups is 1. The van der Waals surface area contributed by atoms with Crippen LogP contribution in [0, 0.1) is 6.92 Å². The van der Waals surface area contributed by atoms with Crippen LogP contribution in [0.25, 0.3) is 0 Å². The first-order chi connectivity index (χ1) is 13.4. The molecule has 0 spiro atoms. The molecule has 2 N–H and O–H groups in total. The van der Waals surface area contributed by atoms with Gasteiger partial charge in [0.15, 0.2) is 0 Å². The first-order valence-corrected chi connectivity index (χ1v) is 8.55. The molecule has 0 aliphatic heterocycles. The number of carbonyl (C=O) groups is 3. The number of carbonyl (C=O) groups excluding carboxylic acids is 3. The van der Waals surface area contributed by atoms with Crippen LogP contribution in [0.3, 0.4) is 0 Å². The van der Waals surface area contributed by atoms with E-state index in [-0.39, 0.29) is 17.9 Å². The van der Waals surface area contributed by atoms with Crippen molar-refractivity contribution in [1.29, 1.82) is 0 Å². The van der Waals surface area contributed by atoms with E-state index < -0.39 is 17.8 Å². The second-order valence-electron chi connectivity index (χ2n) is 5.84. The standard InChI is InChI=1S/C20H21N3O5/c1-3-28-17-9-8-15(10-16(17)20(26)27)12-22-23-19(25)18(24)21-11-14-6-4-13(2)5-7-14/h4-10,12H,3,11H2,1-2H3,(H,21,24)(H,23,25)(H,26,27)/p-1/b22-12-. The summed E-state index contributed by atoms with van der Waals surface area (Å²) in [6.07, 6.45) is 1.22. The van der Waals surface area contributed by atoms with E-state index in [1.165, 1.54) is 18.3 Å². The highest BCUT2D eigenvalue weighted by atomic mass is 16.5. The highest BCUT2D eigenvalue weighted by molar-refractivity contribution is 6.35. The molecular weight excluding hydrogens is 362 g/mol. The Balaban J connectivity index is 1.91. The van der Waals surface area contributed by atoms with Crippen LogP contribution >= 0.6 is 0 Å². The maximum absolute atomic E-state index is 11.8. The minimum Gasteiger partial charge on any atom is -0.545 e. The Morgan fingerprint density at radius 1 is 1.11 bits per heavy atom. The van der Waals surface area contributed by atoms with Crippen molar-refractivity contribution in [3.05, 3.63) is 64.7 Å². The third kappa shape index (κ3) is 5.94. The molecule has 0 atom stereocenters. The van der Waals surface area contributed by atoms with Crippen LogP contribution in [0.5, 0.6) is 5.75 Å². The third-order valence-corrected chi connectivity index (χ3v) is 3.68. The minimum absolute atomic E-state index is 0.132. The second-order valence-corrected chi connectivity index (χ2v) is 5.84. The Labute approximate surface area is 162 Å². The molecule has 8 heteroatoms. The van der Waals surface area contributed by atoms with Crippen molar-refractivity contribution >= 4 is 24.0 Å².